The molecule has 0 fully saturated rings. The molecule has 0 bridgehead atoms. The third-order valence-corrected chi connectivity index (χ3v) is 2.62. The summed E-state index contributed by atoms with van der Waals surface area (Å²) in [5.74, 6) is 0. The smallest absolute Gasteiger partial charge is 0.107 e. The van der Waals surface area contributed by atoms with Crippen molar-refractivity contribution < 1.29 is 4.74 Å². The molecule has 0 spiro atoms. The van der Waals surface area contributed by atoms with Crippen LogP contribution < -0.4 is 11.1 Å². The minimum atomic E-state index is 0.305. The van der Waals surface area contributed by atoms with E-state index in [-0.39, 0.29) is 0 Å². The SMILES string of the molecule is COCCCNc1cccc(Cl)c1C(N)=S. The summed E-state index contributed by atoms with van der Waals surface area (Å²) in [5, 5.41) is 3.81. The number of nitrogens with two attached hydrogens (primary N) is 1. The highest BCUT2D eigenvalue weighted by molar-refractivity contribution is 7.80. The van der Waals surface area contributed by atoms with E-state index in [4.69, 9.17) is 34.3 Å². The van der Waals surface area contributed by atoms with Crippen LogP contribution in [0.15, 0.2) is 18.2 Å². The molecule has 0 aromatic heterocycles. The largest absolute Gasteiger partial charge is 0.389 e. The Hall–Kier alpha value is -0.840. The van der Waals surface area contributed by atoms with Crippen LogP contribution in [0.2, 0.25) is 5.02 Å². The normalized spacial score (nSPS) is 10.1. The fourth-order valence-corrected chi connectivity index (χ4v) is 1.91. The highest BCUT2D eigenvalue weighted by Crippen LogP contribution is 2.24. The first-order chi connectivity index (χ1) is 7.66. The van der Waals surface area contributed by atoms with E-state index in [9.17, 15) is 0 Å². The van der Waals surface area contributed by atoms with Crippen LogP contribution in [0.25, 0.3) is 0 Å². The molecule has 0 saturated heterocycles. The number of hydrogen-bond donors (Lipinski definition) is 2. The van der Waals surface area contributed by atoms with E-state index in [1.165, 1.54) is 0 Å². The highest BCUT2D eigenvalue weighted by atomic mass is 35.5. The van der Waals surface area contributed by atoms with Gasteiger partial charge in [0.25, 0.3) is 0 Å². The van der Waals surface area contributed by atoms with Crippen LogP contribution in [0.4, 0.5) is 5.69 Å². The van der Waals surface area contributed by atoms with Crippen molar-refractivity contribution in [3.63, 3.8) is 0 Å². The molecule has 1 aromatic rings. The van der Waals surface area contributed by atoms with E-state index in [2.05, 4.69) is 5.32 Å². The maximum absolute atomic E-state index is 6.03. The number of halogens is 1. The highest BCUT2D eigenvalue weighted by Gasteiger charge is 2.08. The van der Waals surface area contributed by atoms with Gasteiger partial charge in [-0.05, 0) is 18.6 Å². The van der Waals surface area contributed by atoms with Crippen molar-refractivity contribution in [2.75, 3.05) is 25.6 Å². The molecule has 0 amide bonds. The second kappa shape index (κ2) is 6.68. The van der Waals surface area contributed by atoms with E-state index >= 15 is 0 Å². The van der Waals surface area contributed by atoms with Crippen LogP contribution >= 0.6 is 23.8 Å². The van der Waals surface area contributed by atoms with Crippen molar-refractivity contribution in [3.8, 4) is 0 Å². The van der Waals surface area contributed by atoms with Gasteiger partial charge in [-0.1, -0.05) is 29.9 Å². The number of anilines is 1. The molecule has 3 nitrogen and oxygen atoms in total. The van der Waals surface area contributed by atoms with Gasteiger partial charge in [-0.3, -0.25) is 0 Å². The van der Waals surface area contributed by atoms with Gasteiger partial charge in [-0.15, -0.1) is 0 Å². The standard InChI is InChI=1S/C11H15ClN2OS/c1-15-7-3-6-14-9-5-2-4-8(12)10(9)11(13)16/h2,4-5,14H,3,6-7H2,1H3,(H2,13,16). The third kappa shape index (κ3) is 3.63. The maximum atomic E-state index is 6.03. The lowest BCUT2D eigenvalue weighted by molar-refractivity contribution is 0.198. The first kappa shape index (κ1) is 13.2. The summed E-state index contributed by atoms with van der Waals surface area (Å²) in [6, 6.07) is 5.55. The zero-order valence-corrected chi connectivity index (χ0v) is 10.7. The molecule has 88 valence electrons. The molecule has 1 aromatic carbocycles. The lowest BCUT2D eigenvalue weighted by atomic mass is 10.1. The Balaban J connectivity index is 2.71. The first-order valence-electron chi connectivity index (χ1n) is 4.98. The molecular formula is C11H15ClN2OS. The number of thiocarbonyl (C=S) groups is 1. The summed E-state index contributed by atoms with van der Waals surface area (Å²) >= 11 is 11.0. The molecule has 1 rings (SSSR count). The van der Waals surface area contributed by atoms with Crippen molar-refractivity contribution >= 4 is 34.5 Å². The van der Waals surface area contributed by atoms with Crippen LogP contribution in [0.5, 0.6) is 0 Å². The zero-order valence-electron chi connectivity index (χ0n) is 9.13. The topological polar surface area (TPSA) is 47.3 Å². The summed E-state index contributed by atoms with van der Waals surface area (Å²) in [4.78, 5) is 0.305. The summed E-state index contributed by atoms with van der Waals surface area (Å²) in [6.07, 6.45) is 0.916. The van der Waals surface area contributed by atoms with Crippen molar-refractivity contribution in [3.05, 3.63) is 28.8 Å². The van der Waals surface area contributed by atoms with Gasteiger partial charge in [0.05, 0.1) is 10.6 Å². The monoisotopic (exact) mass is 258 g/mol. The molecule has 0 saturated carbocycles. The molecule has 3 N–H and O–H groups in total. The van der Waals surface area contributed by atoms with Gasteiger partial charge in [-0.2, -0.15) is 0 Å². The number of rotatable bonds is 6. The Kier molecular flexibility index (Phi) is 5.52. The molecule has 0 aliphatic heterocycles. The summed E-state index contributed by atoms with van der Waals surface area (Å²) in [7, 11) is 1.68. The Bertz CT molecular complexity index is 371. The van der Waals surface area contributed by atoms with Crippen LogP contribution in [-0.4, -0.2) is 25.2 Å². The summed E-state index contributed by atoms with van der Waals surface area (Å²) in [6.45, 7) is 1.51. The zero-order chi connectivity index (χ0) is 12.0. The van der Waals surface area contributed by atoms with Gasteiger partial charge in [0.2, 0.25) is 0 Å². The average Bonchev–Trinajstić information content (AvgIpc) is 2.24. The number of hydrogen-bond acceptors (Lipinski definition) is 3. The Morgan fingerprint density at radius 2 is 2.31 bits per heavy atom. The fraction of sp³-hybridized carbons (Fsp3) is 0.364. The van der Waals surface area contributed by atoms with E-state index in [0.29, 0.717) is 15.6 Å². The second-order valence-electron chi connectivity index (χ2n) is 3.30. The van der Waals surface area contributed by atoms with Gasteiger partial charge in [-0.25, -0.2) is 0 Å². The van der Waals surface area contributed by atoms with Crippen LogP contribution in [0.1, 0.15) is 12.0 Å². The number of ether oxygens (including phenoxy) is 1. The minimum Gasteiger partial charge on any atom is -0.389 e. The van der Waals surface area contributed by atoms with E-state index in [1.807, 2.05) is 12.1 Å². The predicted molar refractivity (Wildman–Crippen MR) is 72.3 cm³/mol. The second-order valence-corrected chi connectivity index (χ2v) is 4.15. The van der Waals surface area contributed by atoms with E-state index in [0.717, 1.165) is 25.3 Å². The van der Waals surface area contributed by atoms with Gasteiger partial charge in [0.1, 0.15) is 4.99 Å². The Labute approximate surface area is 106 Å². The third-order valence-electron chi connectivity index (χ3n) is 2.10. The average molecular weight is 259 g/mol. The molecule has 0 atom stereocenters. The van der Waals surface area contributed by atoms with Gasteiger partial charge in [0, 0.05) is 25.9 Å². The number of benzene rings is 1. The number of methoxy groups -OCH3 is 1. The van der Waals surface area contributed by atoms with Crippen LogP contribution in [0.3, 0.4) is 0 Å². The minimum absolute atomic E-state index is 0.305. The molecule has 0 aliphatic rings. The predicted octanol–water partition coefficient (Wildman–Crippen LogP) is 2.42. The quantitative estimate of drug-likeness (QED) is 0.608. The number of nitrogens with one attached hydrogen (secondary N) is 1. The summed E-state index contributed by atoms with van der Waals surface area (Å²) in [5.41, 5.74) is 7.20. The van der Waals surface area contributed by atoms with Crippen molar-refractivity contribution in [1.82, 2.24) is 0 Å². The molecular weight excluding hydrogens is 244 g/mol. The molecule has 0 aliphatic carbocycles. The van der Waals surface area contributed by atoms with E-state index in [1.54, 1.807) is 13.2 Å². The first-order valence-corrected chi connectivity index (χ1v) is 5.76. The molecule has 0 radical (unpaired) electrons. The van der Waals surface area contributed by atoms with Crippen molar-refractivity contribution in [2.45, 2.75) is 6.42 Å². The Morgan fingerprint density at radius 1 is 1.56 bits per heavy atom. The Morgan fingerprint density at radius 3 is 2.94 bits per heavy atom. The van der Waals surface area contributed by atoms with Gasteiger partial charge in [0.15, 0.2) is 0 Å². The molecule has 5 heteroatoms. The molecule has 0 heterocycles. The fourth-order valence-electron chi connectivity index (χ4n) is 1.36. The molecule has 16 heavy (non-hydrogen) atoms. The van der Waals surface area contributed by atoms with Crippen molar-refractivity contribution in [1.29, 1.82) is 0 Å². The molecule has 0 unspecified atom stereocenters. The van der Waals surface area contributed by atoms with E-state index < -0.39 is 0 Å². The van der Waals surface area contributed by atoms with Crippen molar-refractivity contribution in [2.24, 2.45) is 5.73 Å². The van der Waals surface area contributed by atoms with Crippen LogP contribution in [-0.2, 0) is 4.74 Å². The lowest BCUT2D eigenvalue weighted by Crippen LogP contribution is -2.15. The van der Waals surface area contributed by atoms with Gasteiger partial charge < -0.3 is 15.8 Å². The van der Waals surface area contributed by atoms with Crippen LogP contribution in [0, 0.1) is 0 Å². The lowest BCUT2D eigenvalue weighted by Gasteiger charge is -2.12. The summed E-state index contributed by atoms with van der Waals surface area (Å²) < 4.78 is 4.96. The maximum Gasteiger partial charge on any atom is 0.107 e. The van der Waals surface area contributed by atoms with Gasteiger partial charge >= 0.3 is 0 Å².